The third kappa shape index (κ3) is 7.19. The molecule has 200 valence electrons. The third-order valence-electron chi connectivity index (χ3n) is 7.90. The molecule has 2 bridgehead atoms. The van der Waals surface area contributed by atoms with E-state index in [2.05, 4.69) is 47.4 Å². The molecule has 2 unspecified atom stereocenters. The van der Waals surface area contributed by atoms with Crippen LogP contribution in [0.2, 0.25) is 0 Å². The fourth-order valence-corrected chi connectivity index (χ4v) is 6.35. The maximum Gasteiger partial charge on any atom is 0.161 e. The molecule has 0 amide bonds. The zero-order valence-electron chi connectivity index (χ0n) is 23.4. The molecule has 4 nitrogen and oxygen atoms in total. The van der Waals surface area contributed by atoms with Gasteiger partial charge in [0.25, 0.3) is 0 Å². The average molecular weight is 503 g/mol. The second-order valence-electron chi connectivity index (χ2n) is 10.3. The molecule has 3 heterocycles. The molecule has 2 saturated heterocycles. The van der Waals surface area contributed by atoms with E-state index in [0.29, 0.717) is 30.2 Å². The Labute approximate surface area is 224 Å². The third-order valence-corrected chi connectivity index (χ3v) is 7.90. The average Bonchev–Trinajstić information content (AvgIpc) is 3.39. The smallest absolute Gasteiger partial charge is 0.161 e. The number of fused-ring (bicyclic) bond motifs is 3. The Balaban J connectivity index is 0.00000186. The van der Waals surface area contributed by atoms with Gasteiger partial charge < -0.3 is 4.57 Å². The zero-order chi connectivity index (χ0) is 26.8. The summed E-state index contributed by atoms with van der Waals surface area (Å²) < 4.78 is 2.32. The number of allylic oxidation sites excluding steroid dienone is 5. The first-order valence-corrected chi connectivity index (χ1v) is 14.3. The minimum atomic E-state index is 0.139. The van der Waals surface area contributed by atoms with Gasteiger partial charge in [-0.15, -0.1) is 0 Å². The minimum Gasteiger partial charge on any atom is -0.346 e. The number of carbonyl (C=O) groups is 2. The summed E-state index contributed by atoms with van der Waals surface area (Å²) in [6.07, 6.45) is 19.6. The van der Waals surface area contributed by atoms with Gasteiger partial charge in [-0.05, 0) is 56.9 Å². The van der Waals surface area contributed by atoms with Crippen molar-refractivity contribution < 1.29 is 9.59 Å². The van der Waals surface area contributed by atoms with Crippen molar-refractivity contribution in [2.45, 2.75) is 97.7 Å². The largest absolute Gasteiger partial charge is 0.346 e. The van der Waals surface area contributed by atoms with Crippen LogP contribution in [0.15, 0.2) is 61.4 Å². The number of Topliss-reactive ketones (excluding diaryl/α,β-unsaturated/α-hetero) is 2. The van der Waals surface area contributed by atoms with Crippen molar-refractivity contribution in [3.63, 3.8) is 0 Å². The molecular weight excluding hydrogens is 456 g/mol. The topological polar surface area (TPSA) is 42.3 Å². The Morgan fingerprint density at radius 3 is 2.43 bits per heavy atom. The predicted octanol–water partition coefficient (Wildman–Crippen LogP) is 7.71. The molecule has 1 aromatic carbocycles. The lowest BCUT2D eigenvalue weighted by atomic mass is 9.86. The van der Waals surface area contributed by atoms with E-state index in [1.54, 1.807) is 13.0 Å². The number of piperidine rings is 1. The Kier molecular flexibility index (Phi) is 11.1. The number of hydrogen-bond donors (Lipinski definition) is 0. The first kappa shape index (κ1) is 28.8. The summed E-state index contributed by atoms with van der Waals surface area (Å²) in [7, 11) is 0. The van der Waals surface area contributed by atoms with Gasteiger partial charge in [0.05, 0.1) is 5.52 Å². The lowest BCUT2D eigenvalue weighted by Gasteiger charge is -2.39. The number of nitrogens with zero attached hydrogens (tertiary/aromatic N) is 2. The second kappa shape index (κ2) is 14.3. The molecule has 0 N–H and O–H groups in total. The summed E-state index contributed by atoms with van der Waals surface area (Å²) in [6, 6.07) is 7.59. The molecule has 37 heavy (non-hydrogen) atoms. The minimum absolute atomic E-state index is 0.139. The van der Waals surface area contributed by atoms with Crippen LogP contribution < -0.4 is 0 Å². The number of ketones is 2. The molecule has 4 rings (SSSR count). The van der Waals surface area contributed by atoms with E-state index in [4.69, 9.17) is 0 Å². The van der Waals surface area contributed by atoms with E-state index in [0.717, 1.165) is 56.1 Å². The maximum atomic E-state index is 12.5. The Morgan fingerprint density at radius 1 is 1.05 bits per heavy atom. The fourth-order valence-electron chi connectivity index (χ4n) is 6.35. The Hall–Kier alpha value is -2.72. The molecule has 2 atom stereocenters. The number of aryl methyl sites for hydroxylation is 2. The van der Waals surface area contributed by atoms with Crippen LogP contribution in [0.3, 0.4) is 0 Å². The SMILES string of the molecule is C=C/C=C\C=C/CC(=O)CC1CC2CCC(C1)N2CCCn1cc(C(C)=O)c2cccc(CC)c21.CC. The molecule has 0 aliphatic carbocycles. The molecule has 0 radical (unpaired) electrons. The van der Waals surface area contributed by atoms with Crippen LogP contribution >= 0.6 is 0 Å². The highest BCUT2D eigenvalue weighted by molar-refractivity contribution is 6.07. The van der Waals surface area contributed by atoms with Crippen molar-refractivity contribution in [2.75, 3.05) is 6.54 Å². The summed E-state index contributed by atoms with van der Waals surface area (Å²) in [5, 5.41) is 1.09. The summed E-state index contributed by atoms with van der Waals surface area (Å²) in [5.74, 6) is 1.03. The van der Waals surface area contributed by atoms with E-state index in [1.807, 2.05) is 38.2 Å². The highest BCUT2D eigenvalue weighted by Gasteiger charge is 2.40. The van der Waals surface area contributed by atoms with Crippen LogP contribution in [0.1, 0.15) is 88.6 Å². The number of rotatable bonds is 12. The predicted molar refractivity (Wildman–Crippen MR) is 156 cm³/mol. The molecule has 2 aromatic rings. The van der Waals surface area contributed by atoms with E-state index in [9.17, 15) is 9.59 Å². The molecule has 2 fully saturated rings. The van der Waals surface area contributed by atoms with Crippen LogP contribution in [0, 0.1) is 5.92 Å². The monoisotopic (exact) mass is 502 g/mol. The van der Waals surface area contributed by atoms with Gasteiger partial charge in [-0.25, -0.2) is 0 Å². The van der Waals surface area contributed by atoms with Crippen LogP contribution in [-0.4, -0.2) is 39.7 Å². The van der Waals surface area contributed by atoms with E-state index >= 15 is 0 Å². The van der Waals surface area contributed by atoms with Gasteiger partial charge in [0.15, 0.2) is 5.78 Å². The second-order valence-corrected chi connectivity index (χ2v) is 10.3. The normalized spacial score (nSPS) is 21.5. The molecule has 4 heteroatoms. The molecule has 0 spiro atoms. The summed E-state index contributed by atoms with van der Waals surface area (Å²) in [4.78, 5) is 27.4. The Bertz CT molecular complexity index is 1110. The van der Waals surface area contributed by atoms with Gasteiger partial charge in [0, 0.05) is 55.2 Å². The fraction of sp³-hybridized carbons (Fsp3) is 0.515. The lowest BCUT2D eigenvalue weighted by molar-refractivity contribution is -0.119. The molecule has 1 aromatic heterocycles. The summed E-state index contributed by atoms with van der Waals surface area (Å²) in [6.45, 7) is 13.5. The van der Waals surface area contributed by atoms with Crippen molar-refractivity contribution in [1.29, 1.82) is 0 Å². The van der Waals surface area contributed by atoms with Crippen LogP contribution in [0.25, 0.3) is 10.9 Å². The first-order chi connectivity index (χ1) is 18.0. The number of carbonyl (C=O) groups excluding carboxylic acids is 2. The van der Waals surface area contributed by atoms with Gasteiger partial charge in [-0.3, -0.25) is 14.5 Å². The summed E-state index contributed by atoms with van der Waals surface area (Å²) >= 11 is 0. The highest BCUT2D eigenvalue weighted by Crippen LogP contribution is 2.40. The lowest BCUT2D eigenvalue weighted by Crippen LogP contribution is -2.43. The van der Waals surface area contributed by atoms with Gasteiger partial charge in [-0.2, -0.15) is 0 Å². The van der Waals surface area contributed by atoms with E-state index < -0.39 is 0 Å². The molecular formula is C33H46N2O2. The van der Waals surface area contributed by atoms with Crippen molar-refractivity contribution in [3.05, 3.63) is 72.5 Å². The van der Waals surface area contributed by atoms with Gasteiger partial charge in [0.2, 0.25) is 0 Å². The first-order valence-electron chi connectivity index (χ1n) is 14.3. The van der Waals surface area contributed by atoms with E-state index in [-0.39, 0.29) is 5.78 Å². The standard InChI is InChI=1S/C31H40N2O2.C2H6/c1-4-6-7-8-9-13-28(35)21-24-19-26-15-16-27(20-24)33(26)18-11-17-32-22-30(23(3)34)29-14-10-12-25(5-2)31(29)32;1-2/h4,6-10,12,14,22,24,26-27H,1,5,11,13,15-21H2,2-3H3;1-2H3/b7-6-,9-8-;. The van der Waals surface area contributed by atoms with Crippen molar-refractivity contribution in [2.24, 2.45) is 5.92 Å². The molecule has 0 saturated carbocycles. The summed E-state index contributed by atoms with van der Waals surface area (Å²) in [5.41, 5.74) is 3.38. The molecule has 2 aliphatic rings. The van der Waals surface area contributed by atoms with Gasteiger partial charge in [0.1, 0.15) is 5.78 Å². The van der Waals surface area contributed by atoms with E-state index in [1.165, 1.54) is 23.9 Å². The van der Waals surface area contributed by atoms with Crippen molar-refractivity contribution in [3.8, 4) is 0 Å². The van der Waals surface area contributed by atoms with Crippen LogP contribution in [0.4, 0.5) is 0 Å². The maximum absolute atomic E-state index is 12.5. The quantitative estimate of drug-likeness (QED) is 0.220. The number of hydrogen-bond acceptors (Lipinski definition) is 3. The van der Waals surface area contributed by atoms with Gasteiger partial charge >= 0.3 is 0 Å². The van der Waals surface area contributed by atoms with Gasteiger partial charge in [-0.1, -0.05) is 75.9 Å². The molecule has 2 aliphatic heterocycles. The zero-order valence-corrected chi connectivity index (χ0v) is 23.4. The number of aromatic nitrogens is 1. The van der Waals surface area contributed by atoms with Crippen molar-refractivity contribution in [1.82, 2.24) is 9.47 Å². The number of benzene rings is 1. The van der Waals surface area contributed by atoms with Crippen LogP contribution in [-0.2, 0) is 17.8 Å². The Morgan fingerprint density at radius 2 is 1.78 bits per heavy atom. The highest BCUT2D eigenvalue weighted by atomic mass is 16.1. The number of para-hydroxylation sites is 1. The van der Waals surface area contributed by atoms with Crippen LogP contribution in [0.5, 0.6) is 0 Å². The van der Waals surface area contributed by atoms with Crippen molar-refractivity contribution >= 4 is 22.5 Å².